The molecule has 1 fully saturated rings. The average Bonchev–Trinajstić information content (AvgIpc) is 2.97. The quantitative estimate of drug-likeness (QED) is 0.160. The zero-order valence-corrected chi connectivity index (χ0v) is 22.9. The van der Waals surface area contributed by atoms with Gasteiger partial charge in [-0.25, -0.2) is 8.78 Å². The van der Waals surface area contributed by atoms with Crippen molar-refractivity contribution in [3.8, 4) is 28.0 Å². The smallest absolute Gasteiger partial charge is 0.201 e. The number of hydrogen-bond donors (Lipinski definition) is 0. The lowest BCUT2D eigenvalue weighted by atomic mass is 9.93. The molecule has 2 atom stereocenters. The summed E-state index contributed by atoms with van der Waals surface area (Å²) in [6, 6.07) is 15.2. The van der Waals surface area contributed by atoms with Gasteiger partial charge in [-0.2, -0.15) is 4.39 Å². The summed E-state index contributed by atoms with van der Waals surface area (Å²) >= 11 is 0. The Labute approximate surface area is 230 Å². The van der Waals surface area contributed by atoms with Crippen molar-refractivity contribution in [3.63, 3.8) is 0 Å². The number of benzene rings is 3. The molecule has 208 valence electrons. The van der Waals surface area contributed by atoms with E-state index in [1.807, 2.05) is 12.1 Å². The molecule has 0 saturated carbocycles. The molecule has 0 aromatic heterocycles. The molecule has 0 N–H and O–H groups in total. The first-order valence-corrected chi connectivity index (χ1v) is 14.3. The lowest BCUT2D eigenvalue weighted by molar-refractivity contribution is -0.00700. The summed E-state index contributed by atoms with van der Waals surface area (Å²) in [5.74, 6) is -1.95. The first-order valence-electron chi connectivity index (χ1n) is 14.3. The van der Waals surface area contributed by atoms with Crippen molar-refractivity contribution in [1.82, 2.24) is 0 Å². The Hall–Kier alpha value is -3.05. The van der Waals surface area contributed by atoms with Crippen LogP contribution in [0, 0.1) is 23.4 Å². The average molecular weight is 537 g/mol. The van der Waals surface area contributed by atoms with Gasteiger partial charge in [-0.05, 0) is 54.2 Å². The largest absolute Gasteiger partial charge is 0.490 e. The van der Waals surface area contributed by atoms with Crippen LogP contribution in [0.15, 0.2) is 67.3 Å². The highest BCUT2D eigenvalue weighted by Crippen LogP contribution is 2.35. The van der Waals surface area contributed by atoms with E-state index in [9.17, 15) is 13.2 Å². The van der Waals surface area contributed by atoms with E-state index in [0.717, 1.165) is 37.7 Å². The summed E-state index contributed by atoms with van der Waals surface area (Å²) in [4.78, 5) is 0. The molecule has 2 nitrogen and oxygen atoms in total. The molecule has 1 aliphatic heterocycles. The molecule has 1 heterocycles. The summed E-state index contributed by atoms with van der Waals surface area (Å²) in [6.45, 7) is 6.93. The van der Waals surface area contributed by atoms with Crippen LogP contribution in [0.25, 0.3) is 22.3 Å². The van der Waals surface area contributed by atoms with Crippen LogP contribution in [0.1, 0.15) is 76.4 Å². The van der Waals surface area contributed by atoms with Crippen LogP contribution in [-0.4, -0.2) is 13.2 Å². The molecule has 0 bridgehead atoms. The maximum atomic E-state index is 15.0. The van der Waals surface area contributed by atoms with Gasteiger partial charge in [0.05, 0.1) is 19.3 Å². The topological polar surface area (TPSA) is 18.5 Å². The number of ether oxygens (including phenoxy) is 2. The van der Waals surface area contributed by atoms with Crippen molar-refractivity contribution in [2.45, 2.75) is 70.8 Å². The van der Waals surface area contributed by atoms with Gasteiger partial charge >= 0.3 is 0 Å². The van der Waals surface area contributed by atoms with Gasteiger partial charge in [-0.15, -0.1) is 6.58 Å². The predicted octanol–water partition coefficient (Wildman–Crippen LogP) is 10.2. The summed E-state index contributed by atoms with van der Waals surface area (Å²) in [5.41, 5.74) is 2.76. The van der Waals surface area contributed by atoms with Crippen LogP contribution in [0.2, 0.25) is 0 Å². The normalized spacial score (nSPS) is 17.2. The van der Waals surface area contributed by atoms with Gasteiger partial charge in [-0.1, -0.05) is 87.9 Å². The molecule has 0 aliphatic carbocycles. The number of halogens is 3. The van der Waals surface area contributed by atoms with Crippen LogP contribution >= 0.6 is 0 Å². The lowest BCUT2D eigenvalue weighted by Gasteiger charge is -2.28. The predicted molar refractivity (Wildman–Crippen MR) is 152 cm³/mol. The third kappa shape index (κ3) is 7.54. The van der Waals surface area contributed by atoms with Gasteiger partial charge in [0, 0.05) is 17.0 Å². The molecule has 0 radical (unpaired) electrons. The van der Waals surface area contributed by atoms with Crippen LogP contribution in [0.4, 0.5) is 13.2 Å². The lowest BCUT2D eigenvalue weighted by Crippen LogP contribution is -2.19. The molecule has 4 rings (SSSR count). The molecule has 0 amide bonds. The zero-order chi connectivity index (χ0) is 27.6. The van der Waals surface area contributed by atoms with E-state index < -0.39 is 11.6 Å². The number of rotatable bonds is 13. The monoisotopic (exact) mass is 536 g/mol. The van der Waals surface area contributed by atoms with E-state index in [-0.39, 0.29) is 23.2 Å². The van der Waals surface area contributed by atoms with Gasteiger partial charge in [0.25, 0.3) is 0 Å². The molecule has 3 aromatic rings. The maximum Gasteiger partial charge on any atom is 0.201 e. The van der Waals surface area contributed by atoms with E-state index in [4.69, 9.17) is 9.47 Å². The van der Waals surface area contributed by atoms with Crippen molar-refractivity contribution < 1.29 is 22.6 Å². The van der Waals surface area contributed by atoms with E-state index in [1.165, 1.54) is 37.8 Å². The highest BCUT2D eigenvalue weighted by molar-refractivity contribution is 5.71. The molecular weight excluding hydrogens is 497 g/mol. The fourth-order valence-electron chi connectivity index (χ4n) is 5.12. The summed E-state index contributed by atoms with van der Waals surface area (Å²) in [7, 11) is 0. The van der Waals surface area contributed by atoms with Crippen molar-refractivity contribution in [3.05, 3.63) is 90.3 Å². The van der Waals surface area contributed by atoms with Gasteiger partial charge in [0.2, 0.25) is 5.82 Å². The Bertz CT molecular complexity index is 1210. The summed E-state index contributed by atoms with van der Waals surface area (Å²) < 4.78 is 56.0. The molecule has 1 saturated heterocycles. The Morgan fingerprint density at radius 3 is 2.18 bits per heavy atom. The van der Waals surface area contributed by atoms with Gasteiger partial charge < -0.3 is 9.47 Å². The van der Waals surface area contributed by atoms with E-state index in [1.54, 1.807) is 36.4 Å². The van der Waals surface area contributed by atoms with E-state index >= 15 is 0 Å². The zero-order valence-electron chi connectivity index (χ0n) is 22.9. The Balaban J connectivity index is 1.36. The second kappa shape index (κ2) is 14.4. The molecule has 5 heteroatoms. The highest BCUT2D eigenvalue weighted by Gasteiger charge is 2.24. The van der Waals surface area contributed by atoms with E-state index in [2.05, 4.69) is 13.5 Å². The van der Waals surface area contributed by atoms with Crippen molar-refractivity contribution in [1.29, 1.82) is 0 Å². The Kier molecular flexibility index (Phi) is 10.7. The third-order valence-electron chi connectivity index (χ3n) is 7.57. The maximum absolute atomic E-state index is 15.0. The minimum absolute atomic E-state index is 0.0589. The standard InChI is InChI=1S/C34H39F3O2/c1-3-5-6-7-8-9-10-21-38-32-20-18-28(33(36)34(32)37)26-14-12-25(13-15-26)27-16-17-29(30(35)22-27)31-19-11-24(4-2)23-39-31/h4,12-18,20,22,24,31H,2-3,5-11,19,21,23H2,1H3. The first-order chi connectivity index (χ1) is 19.0. The van der Waals surface area contributed by atoms with Crippen LogP contribution in [0.5, 0.6) is 5.75 Å². The molecule has 0 spiro atoms. The van der Waals surface area contributed by atoms with Gasteiger partial charge in [0.15, 0.2) is 11.6 Å². The fraction of sp³-hybridized carbons (Fsp3) is 0.412. The SMILES string of the molecule is C=CC1CCC(c2ccc(-c3ccc(-c4ccc(OCCCCCCCCC)c(F)c4F)cc3)cc2F)OC1. The Morgan fingerprint density at radius 1 is 0.821 bits per heavy atom. The minimum Gasteiger partial charge on any atom is -0.490 e. The van der Waals surface area contributed by atoms with Gasteiger partial charge in [0.1, 0.15) is 5.82 Å². The second-order valence-corrected chi connectivity index (χ2v) is 10.4. The molecule has 3 aromatic carbocycles. The first kappa shape index (κ1) is 28.9. The van der Waals surface area contributed by atoms with Gasteiger partial charge in [-0.3, -0.25) is 0 Å². The highest BCUT2D eigenvalue weighted by atomic mass is 19.2. The molecule has 2 unspecified atom stereocenters. The summed E-state index contributed by atoms with van der Waals surface area (Å²) in [5, 5.41) is 0. The number of hydrogen-bond acceptors (Lipinski definition) is 2. The number of unbranched alkanes of at least 4 members (excludes halogenated alkanes) is 6. The summed E-state index contributed by atoms with van der Waals surface area (Å²) in [6.07, 6.45) is 11.2. The second-order valence-electron chi connectivity index (χ2n) is 10.4. The molecule has 1 aliphatic rings. The van der Waals surface area contributed by atoms with Crippen LogP contribution in [0.3, 0.4) is 0 Å². The Morgan fingerprint density at radius 2 is 1.51 bits per heavy atom. The minimum atomic E-state index is -0.971. The van der Waals surface area contributed by atoms with Crippen molar-refractivity contribution in [2.24, 2.45) is 5.92 Å². The fourth-order valence-corrected chi connectivity index (χ4v) is 5.12. The molecule has 39 heavy (non-hydrogen) atoms. The van der Waals surface area contributed by atoms with Crippen LogP contribution in [-0.2, 0) is 4.74 Å². The molecular formula is C34H39F3O2. The van der Waals surface area contributed by atoms with Crippen molar-refractivity contribution >= 4 is 0 Å². The van der Waals surface area contributed by atoms with Crippen LogP contribution < -0.4 is 4.74 Å². The van der Waals surface area contributed by atoms with E-state index in [0.29, 0.717) is 35.8 Å². The third-order valence-corrected chi connectivity index (χ3v) is 7.57. The van der Waals surface area contributed by atoms with Crippen molar-refractivity contribution in [2.75, 3.05) is 13.2 Å².